The van der Waals surface area contributed by atoms with E-state index in [1.54, 1.807) is 23.0 Å². The minimum absolute atomic E-state index is 0.0917. The van der Waals surface area contributed by atoms with Crippen molar-refractivity contribution in [3.63, 3.8) is 0 Å². The van der Waals surface area contributed by atoms with Gasteiger partial charge in [0.2, 0.25) is 5.91 Å². The molecule has 1 heterocycles. The number of nitrogens with zero attached hydrogens (tertiary/aromatic N) is 2. The van der Waals surface area contributed by atoms with Crippen LogP contribution in [-0.2, 0) is 17.9 Å². The Morgan fingerprint density at radius 3 is 2.59 bits per heavy atom. The average molecular weight is 436 g/mol. The van der Waals surface area contributed by atoms with Gasteiger partial charge in [-0.05, 0) is 29.7 Å². The maximum atomic E-state index is 12.8. The lowest BCUT2D eigenvalue weighted by Crippen LogP contribution is -2.50. The Morgan fingerprint density at radius 2 is 1.88 bits per heavy atom. The Labute approximate surface area is 188 Å². The first kappa shape index (κ1) is 22.9. The number of urea groups is 1. The zero-order chi connectivity index (χ0) is 22.8. The molecule has 3 rings (SSSR count). The highest BCUT2D eigenvalue weighted by molar-refractivity contribution is 5.97. The number of anilines is 1. The topological polar surface area (TPSA) is 97.3 Å². The fourth-order valence-corrected chi connectivity index (χ4v) is 3.08. The van der Waals surface area contributed by atoms with Crippen LogP contribution in [-0.4, -0.2) is 34.4 Å². The summed E-state index contributed by atoms with van der Waals surface area (Å²) in [4.78, 5) is 25.2. The van der Waals surface area contributed by atoms with Crippen LogP contribution in [0.1, 0.15) is 19.4 Å². The lowest BCUT2D eigenvalue weighted by atomic mass is 10.0. The molecule has 8 heteroatoms. The first-order valence-electron chi connectivity index (χ1n) is 10.6. The summed E-state index contributed by atoms with van der Waals surface area (Å²) >= 11 is 0. The average Bonchev–Trinajstić information content (AvgIpc) is 3.30. The third-order valence-electron chi connectivity index (χ3n) is 4.78. The predicted molar refractivity (Wildman–Crippen MR) is 123 cm³/mol. The van der Waals surface area contributed by atoms with Crippen molar-refractivity contribution in [2.24, 2.45) is 5.92 Å². The molecule has 3 aromatic rings. The van der Waals surface area contributed by atoms with Gasteiger partial charge < -0.3 is 20.7 Å². The number of amides is 3. The van der Waals surface area contributed by atoms with Gasteiger partial charge in [0.25, 0.3) is 0 Å². The van der Waals surface area contributed by atoms with Crippen molar-refractivity contribution in [3.8, 4) is 5.75 Å². The smallest absolute Gasteiger partial charge is 0.315 e. The van der Waals surface area contributed by atoms with Gasteiger partial charge in [0.1, 0.15) is 18.4 Å². The van der Waals surface area contributed by atoms with E-state index in [1.165, 1.54) is 0 Å². The number of hydrogen-bond acceptors (Lipinski definition) is 4. The summed E-state index contributed by atoms with van der Waals surface area (Å²) in [5.41, 5.74) is 1.58. The molecule has 3 amide bonds. The van der Waals surface area contributed by atoms with Crippen molar-refractivity contribution < 1.29 is 14.3 Å². The van der Waals surface area contributed by atoms with Crippen LogP contribution in [0.3, 0.4) is 0 Å². The van der Waals surface area contributed by atoms with Gasteiger partial charge in [-0.15, -0.1) is 0 Å². The Kier molecular flexibility index (Phi) is 8.25. The van der Waals surface area contributed by atoms with E-state index in [2.05, 4.69) is 21.0 Å². The van der Waals surface area contributed by atoms with E-state index < -0.39 is 12.1 Å². The van der Waals surface area contributed by atoms with E-state index in [4.69, 9.17) is 4.74 Å². The van der Waals surface area contributed by atoms with E-state index in [0.717, 1.165) is 5.56 Å². The number of hydrogen-bond donors (Lipinski definition) is 3. The van der Waals surface area contributed by atoms with Crippen LogP contribution in [0.2, 0.25) is 0 Å². The molecule has 1 aromatic heterocycles. The van der Waals surface area contributed by atoms with Crippen LogP contribution in [0.5, 0.6) is 5.75 Å². The Bertz CT molecular complexity index is 990. The summed E-state index contributed by atoms with van der Waals surface area (Å²) < 4.78 is 7.54. The number of carbonyl (C=O) groups is 2. The van der Waals surface area contributed by atoms with Gasteiger partial charge >= 0.3 is 6.03 Å². The molecule has 0 aliphatic heterocycles. The van der Waals surface area contributed by atoms with Crippen LogP contribution in [0.4, 0.5) is 10.5 Å². The lowest BCUT2D eigenvalue weighted by Gasteiger charge is -2.22. The molecular weight excluding hydrogens is 406 g/mol. The maximum Gasteiger partial charge on any atom is 0.315 e. The number of benzene rings is 2. The summed E-state index contributed by atoms with van der Waals surface area (Å²) in [6, 6.07) is 17.6. The molecule has 1 unspecified atom stereocenters. The van der Waals surface area contributed by atoms with E-state index in [1.807, 2.05) is 68.6 Å². The summed E-state index contributed by atoms with van der Waals surface area (Å²) in [5.74, 6) is 0.263. The van der Waals surface area contributed by atoms with Crippen molar-refractivity contribution in [1.29, 1.82) is 0 Å². The second-order valence-electron chi connectivity index (χ2n) is 7.67. The number of nitrogens with one attached hydrogen (secondary N) is 3. The molecule has 0 saturated carbocycles. The largest absolute Gasteiger partial charge is 0.492 e. The molecule has 0 bridgehead atoms. The zero-order valence-electron chi connectivity index (χ0n) is 18.3. The second-order valence-corrected chi connectivity index (χ2v) is 7.67. The highest BCUT2D eigenvalue weighted by atomic mass is 16.5. The highest BCUT2D eigenvalue weighted by Gasteiger charge is 2.24. The fourth-order valence-electron chi connectivity index (χ4n) is 3.08. The first-order chi connectivity index (χ1) is 15.5. The molecule has 168 valence electrons. The van der Waals surface area contributed by atoms with Crippen LogP contribution in [0.25, 0.3) is 0 Å². The number of ether oxygens (including phenoxy) is 1. The van der Waals surface area contributed by atoms with Crippen molar-refractivity contribution in [1.82, 2.24) is 20.4 Å². The van der Waals surface area contributed by atoms with E-state index in [9.17, 15) is 9.59 Å². The normalized spacial score (nSPS) is 11.6. The van der Waals surface area contributed by atoms with Crippen molar-refractivity contribution in [2.45, 2.75) is 33.0 Å². The Morgan fingerprint density at radius 1 is 1.06 bits per heavy atom. The SMILES string of the molecule is CC(C)C(NC(=O)NCc1ccccc1)C(=O)Nc1cccc(OCCn2cccn2)c1. The minimum Gasteiger partial charge on any atom is -0.492 e. The zero-order valence-corrected chi connectivity index (χ0v) is 18.3. The van der Waals surface area contributed by atoms with Gasteiger partial charge in [-0.25, -0.2) is 4.79 Å². The highest BCUT2D eigenvalue weighted by Crippen LogP contribution is 2.18. The second kappa shape index (κ2) is 11.5. The van der Waals surface area contributed by atoms with Crippen molar-refractivity contribution in [3.05, 3.63) is 78.6 Å². The van der Waals surface area contributed by atoms with Crippen LogP contribution >= 0.6 is 0 Å². The molecule has 0 saturated heterocycles. The fraction of sp³-hybridized carbons (Fsp3) is 0.292. The molecule has 0 spiro atoms. The molecule has 1 atom stereocenters. The monoisotopic (exact) mass is 435 g/mol. The molecule has 2 aromatic carbocycles. The predicted octanol–water partition coefficient (Wildman–Crippen LogP) is 3.42. The third kappa shape index (κ3) is 7.16. The van der Waals surface area contributed by atoms with Crippen molar-refractivity contribution >= 4 is 17.6 Å². The summed E-state index contributed by atoms with van der Waals surface area (Å²) in [6.45, 7) is 5.24. The summed E-state index contributed by atoms with van der Waals surface area (Å²) in [5, 5.41) is 12.6. The lowest BCUT2D eigenvalue weighted by molar-refractivity contribution is -0.118. The molecule has 0 radical (unpaired) electrons. The number of carbonyl (C=O) groups excluding carboxylic acids is 2. The third-order valence-corrected chi connectivity index (χ3v) is 4.78. The molecule has 0 aliphatic rings. The van der Waals surface area contributed by atoms with Crippen LogP contribution in [0, 0.1) is 5.92 Å². The Balaban J connectivity index is 1.51. The van der Waals surface area contributed by atoms with Crippen LogP contribution < -0.4 is 20.7 Å². The van der Waals surface area contributed by atoms with Gasteiger partial charge in [-0.2, -0.15) is 5.10 Å². The van der Waals surface area contributed by atoms with Crippen molar-refractivity contribution in [2.75, 3.05) is 11.9 Å². The summed E-state index contributed by atoms with van der Waals surface area (Å²) in [7, 11) is 0. The van der Waals surface area contributed by atoms with E-state index >= 15 is 0 Å². The van der Waals surface area contributed by atoms with Crippen LogP contribution in [0.15, 0.2) is 73.1 Å². The first-order valence-corrected chi connectivity index (χ1v) is 10.6. The number of rotatable bonds is 10. The van der Waals surface area contributed by atoms with Gasteiger partial charge in [-0.3, -0.25) is 9.48 Å². The summed E-state index contributed by atoms with van der Waals surface area (Å²) in [6.07, 6.45) is 3.59. The van der Waals surface area contributed by atoms with Gasteiger partial charge in [0, 0.05) is 30.7 Å². The van der Waals surface area contributed by atoms with Gasteiger partial charge in [0.05, 0.1) is 6.54 Å². The standard InChI is InChI=1S/C24H29N5O3/c1-18(2)22(28-24(31)25-17-19-8-4-3-5-9-19)23(30)27-20-10-6-11-21(16-20)32-15-14-29-13-7-12-26-29/h3-13,16,18,22H,14-15,17H2,1-2H3,(H,27,30)(H2,25,28,31). The Hall–Kier alpha value is -3.81. The molecular formula is C24H29N5O3. The van der Waals surface area contributed by atoms with Gasteiger partial charge in [0.15, 0.2) is 0 Å². The van der Waals surface area contributed by atoms with E-state index in [0.29, 0.717) is 31.1 Å². The van der Waals surface area contributed by atoms with Gasteiger partial charge in [-0.1, -0.05) is 50.2 Å². The molecule has 0 fully saturated rings. The molecule has 0 aliphatic carbocycles. The maximum absolute atomic E-state index is 12.8. The quantitative estimate of drug-likeness (QED) is 0.455. The molecule has 3 N–H and O–H groups in total. The minimum atomic E-state index is -0.685. The van der Waals surface area contributed by atoms with E-state index in [-0.39, 0.29) is 11.8 Å². The molecule has 8 nitrogen and oxygen atoms in total. The number of aromatic nitrogens is 2. The molecule has 32 heavy (non-hydrogen) atoms.